The molecule has 1 N–H and O–H groups in total. The highest BCUT2D eigenvalue weighted by Gasteiger charge is 1.96. The Morgan fingerprint density at radius 3 is 2.16 bits per heavy atom. The maximum absolute atomic E-state index is 10.2. The van der Waals surface area contributed by atoms with Gasteiger partial charge in [0, 0.05) is 6.08 Å². The molecule has 0 aliphatic rings. The number of carboxylic acid groups (broad SMARTS) is 1. The fourth-order valence-electron chi connectivity index (χ4n) is 2.10. The van der Waals surface area contributed by atoms with Gasteiger partial charge in [-0.15, -0.1) is 0 Å². The molecule has 0 aromatic rings. The van der Waals surface area contributed by atoms with E-state index in [-0.39, 0.29) is 0 Å². The highest BCUT2D eigenvalue weighted by Crippen LogP contribution is 2.15. The molecular formula is C17H30O2. The number of aliphatic carboxylic acids is 1. The van der Waals surface area contributed by atoms with E-state index >= 15 is 0 Å². The minimum Gasteiger partial charge on any atom is -0.478 e. The summed E-state index contributed by atoms with van der Waals surface area (Å²) in [4.78, 5) is 10.2. The molecule has 2 heteroatoms. The standard InChI is InChI=1S/C17H30O2/c1-3-4-5-10-13-16(2)14-11-8-6-7-9-12-15-17(18)19/h12,15H,2-11,13-14H2,1H3,(H,18,19). The van der Waals surface area contributed by atoms with E-state index in [0.29, 0.717) is 0 Å². The zero-order chi connectivity index (χ0) is 14.3. The second-order valence-electron chi connectivity index (χ2n) is 5.25. The Morgan fingerprint density at radius 2 is 1.58 bits per heavy atom. The number of unbranched alkanes of at least 4 members (excludes halogenated alkanes) is 7. The van der Waals surface area contributed by atoms with Gasteiger partial charge in [-0.25, -0.2) is 4.79 Å². The van der Waals surface area contributed by atoms with Crippen LogP contribution >= 0.6 is 0 Å². The van der Waals surface area contributed by atoms with Crippen molar-refractivity contribution >= 4 is 5.97 Å². The summed E-state index contributed by atoms with van der Waals surface area (Å²) < 4.78 is 0. The van der Waals surface area contributed by atoms with E-state index in [1.54, 1.807) is 6.08 Å². The first-order valence-electron chi connectivity index (χ1n) is 7.73. The third-order valence-electron chi connectivity index (χ3n) is 3.30. The molecule has 0 saturated heterocycles. The molecule has 0 atom stereocenters. The van der Waals surface area contributed by atoms with Gasteiger partial charge in [0.05, 0.1) is 0 Å². The van der Waals surface area contributed by atoms with Gasteiger partial charge >= 0.3 is 5.97 Å². The van der Waals surface area contributed by atoms with Crippen molar-refractivity contribution < 1.29 is 9.90 Å². The Bertz CT molecular complexity index is 266. The van der Waals surface area contributed by atoms with Crippen molar-refractivity contribution in [2.24, 2.45) is 0 Å². The topological polar surface area (TPSA) is 37.3 Å². The van der Waals surface area contributed by atoms with Crippen molar-refractivity contribution in [3.8, 4) is 0 Å². The molecule has 2 nitrogen and oxygen atoms in total. The average molecular weight is 266 g/mol. The van der Waals surface area contributed by atoms with Gasteiger partial charge in [-0.2, -0.15) is 0 Å². The van der Waals surface area contributed by atoms with Crippen LogP contribution in [-0.2, 0) is 4.79 Å². The predicted molar refractivity (Wildman–Crippen MR) is 82.4 cm³/mol. The van der Waals surface area contributed by atoms with Gasteiger partial charge in [-0.1, -0.05) is 57.3 Å². The van der Waals surface area contributed by atoms with Crippen LogP contribution in [0.2, 0.25) is 0 Å². The molecule has 0 saturated carbocycles. The zero-order valence-corrected chi connectivity index (χ0v) is 12.5. The van der Waals surface area contributed by atoms with Crippen LogP contribution in [0.5, 0.6) is 0 Å². The molecule has 0 rings (SSSR count). The number of allylic oxidation sites excluding steroid dienone is 2. The molecule has 0 unspecified atom stereocenters. The molecule has 0 aliphatic carbocycles. The quantitative estimate of drug-likeness (QED) is 0.272. The van der Waals surface area contributed by atoms with Gasteiger partial charge in [0.1, 0.15) is 0 Å². The summed E-state index contributed by atoms with van der Waals surface area (Å²) in [5.41, 5.74) is 1.40. The van der Waals surface area contributed by atoms with Crippen LogP contribution < -0.4 is 0 Å². The van der Waals surface area contributed by atoms with Gasteiger partial charge < -0.3 is 5.11 Å². The normalized spacial score (nSPS) is 11.0. The predicted octanol–water partition coefficient (Wildman–Crippen LogP) is 5.49. The number of rotatable bonds is 13. The van der Waals surface area contributed by atoms with Crippen LogP contribution in [0.1, 0.15) is 77.6 Å². The molecule has 0 bridgehead atoms. The molecule has 0 aromatic heterocycles. The van der Waals surface area contributed by atoms with E-state index in [1.807, 2.05) is 0 Å². The lowest BCUT2D eigenvalue weighted by molar-refractivity contribution is -0.131. The largest absolute Gasteiger partial charge is 0.478 e. The van der Waals surface area contributed by atoms with E-state index in [2.05, 4.69) is 13.5 Å². The lowest BCUT2D eigenvalue weighted by Crippen LogP contribution is -1.86. The van der Waals surface area contributed by atoms with E-state index in [4.69, 9.17) is 5.11 Å². The fourth-order valence-corrected chi connectivity index (χ4v) is 2.10. The summed E-state index contributed by atoms with van der Waals surface area (Å²) in [6.07, 6.45) is 16.2. The molecule has 0 heterocycles. The molecule has 0 aliphatic heterocycles. The number of hydrogen-bond donors (Lipinski definition) is 1. The first kappa shape index (κ1) is 17.9. The smallest absolute Gasteiger partial charge is 0.327 e. The maximum atomic E-state index is 10.2. The molecule has 0 radical (unpaired) electrons. The summed E-state index contributed by atoms with van der Waals surface area (Å²) in [5.74, 6) is -0.848. The van der Waals surface area contributed by atoms with Crippen LogP contribution in [0.3, 0.4) is 0 Å². The highest BCUT2D eigenvalue weighted by atomic mass is 16.4. The van der Waals surface area contributed by atoms with Crippen molar-refractivity contribution in [2.75, 3.05) is 0 Å². The minimum atomic E-state index is -0.848. The molecule has 110 valence electrons. The molecule has 0 fully saturated rings. The zero-order valence-electron chi connectivity index (χ0n) is 12.5. The van der Waals surface area contributed by atoms with Crippen LogP contribution in [0.4, 0.5) is 0 Å². The second-order valence-corrected chi connectivity index (χ2v) is 5.25. The minimum absolute atomic E-state index is 0.848. The van der Waals surface area contributed by atoms with Gasteiger partial charge in [-0.3, -0.25) is 0 Å². The van der Waals surface area contributed by atoms with Crippen molar-refractivity contribution in [1.29, 1.82) is 0 Å². The molecule has 0 spiro atoms. The van der Waals surface area contributed by atoms with Gasteiger partial charge in [-0.05, 0) is 38.5 Å². The van der Waals surface area contributed by atoms with Crippen molar-refractivity contribution in [3.05, 3.63) is 24.3 Å². The molecule has 19 heavy (non-hydrogen) atoms. The van der Waals surface area contributed by atoms with E-state index in [0.717, 1.165) is 19.3 Å². The van der Waals surface area contributed by atoms with E-state index in [1.165, 1.54) is 63.0 Å². The van der Waals surface area contributed by atoms with Gasteiger partial charge in [0.25, 0.3) is 0 Å². The van der Waals surface area contributed by atoms with Crippen molar-refractivity contribution in [3.63, 3.8) is 0 Å². The first-order valence-corrected chi connectivity index (χ1v) is 7.73. The average Bonchev–Trinajstić information content (AvgIpc) is 2.37. The monoisotopic (exact) mass is 266 g/mol. The SMILES string of the molecule is C=C(CCCCCC)CCCCCCC=CC(=O)O. The Balaban J connectivity index is 3.25. The Kier molecular flexibility index (Phi) is 12.6. The first-order chi connectivity index (χ1) is 9.16. The number of hydrogen-bond acceptors (Lipinski definition) is 1. The summed E-state index contributed by atoms with van der Waals surface area (Å²) in [6, 6.07) is 0. The molecule has 0 aromatic carbocycles. The fraction of sp³-hybridized carbons (Fsp3) is 0.706. The number of carboxylic acids is 1. The summed E-state index contributed by atoms with van der Waals surface area (Å²) in [7, 11) is 0. The van der Waals surface area contributed by atoms with Crippen LogP contribution in [0.15, 0.2) is 24.3 Å². The van der Waals surface area contributed by atoms with Crippen LogP contribution in [-0.4, -0.2) is 11.1 Å². The molecular weight excluding hydrogens is 236 g/mol. The lowest BCUT2D eigenvalue weighted by Gasteiger charge is -2.05. The maximum Gasteiger partial charge on any atom is 0.327 e. The van der Waals surface area contributed by atoms with Crippen LogP contribution in [0.25, 0.3) is 0 Å². The second kappa shape index (κ2) is 13.4. The summed E-state index contributed by atoms with van der Waals surface area (Å²) >= 11 is 0. The van der Waals surface area contributed by atoms with E-state index < -0.39 is 5.97 Å². The highest BCUT2D eigenvalue weighted by molar-refractivity contribution is 5.79. The van der Waals surface area contributed by atoms with E-state index in [9.17, 15) is 4.79 Å². The molecule has 0 amide bonds. The van der Waals surface area contributed by atoms with Crippen molar-refractivity contribution in [2.45, 2.75) is 77.6 Å². The third kappa shape index (κ3) is 14.9. The van der Waals surface area contributed by atoms with Gasteiger partial charge in [0.15, 0.2) is 0 Å². The lowest BCUT2D eigenvalue weighted by atomic mass is 10.0. The van der Waals surface area contributed by atoms with Gasteiger partial charge in [0.2, 0.25) is 0 Å². The Morgan fingerprint density at radius 1 is 1.00 bits per heavy atom. The Hall–Kier alpha value is -1.05. The summed E-state index contributed by atoms with van der Waals surface area (Å²) in [5, 5.41) is 8.42. The van der Waals surface area contributed by atoms with Crippen molar-refractivity contribution in [1.82, 2.24) is 0 Å². The van der Waals surface area contributed by atoms with Crippen LogP contribution in [0, 0.1) is 0 Å². The Labute approximate surface area is 118 Å². The summed E-state index contributed by atoms with van der Waals surface area (Å²) in [6.45, 7) is 6.38. The third-order valence-corrected chi connectivity index (χ3v) is 3.30. The number of carbonyl (C=O) groups is 1.